The van der Waals surface area contributed by atoms with Gasteiger partial charge in [0.2, 0.25) is 0 Å². The van der Waals surface area contributed by atoms with E-state index in [0.29, 0.717) is 10.8 Å². The quantitative estimate of drug-likeness (QED) is 0.252. The van der Waals surface area contributed by atoms with Crippen LogP contribution in [0.5, 0.6) is 0 Å². The summed E-state index contributed by atoms with van der Waals surface area (Å²) in [6, 6.07) is 0. The molecule has 4 saturated carbocycles. The lowest BCUT2D eigenvalue weighted by atomic mass is 9.72. The van der Waals surface area contributed by atoms with Crippen molar-refractivity contribution in [1.82, 2.24) is 0 Å². The molecule has 0 aromatic heterocycles. The van der Waals surface area contributed by atoms with Crippen LogP contribution in [0.15, 0.2) is 0 Å². The van der Waals surface area contributed by atoms with Gasteiger partial charge in [-0.25, -0.2) is 0 Å². The maximum Gasteiger partial charge on any atom is 0.0466 e. The molecule has 0 unspecified atom stereocenters. The minimum Gasteiger partial charge on any atom is -0.381 e. The van der Waals surface area contributed by atoms with E-state index >= 15 is 0 Å². The van der Waals surface area contributed by atoms with Crippen molar-refractivity contribution in [3.63, 3.8) is 0 Å². The maximum atomic E-state index is 4.94. The average molecular weight is 697 g/mol. The molecule has 298 valence electrons. The Morgan fingerprint density at radius 3 is 0.388 bits per heavy atom. The summed E-state index contributed by atoms with van der Waals surface area (Å²) >= 11 is 0. The molecule has 3 heterocycles. The first-order chi connectivity index (χ1) is 22.3. The highest BCUT2D eigenvalue weighted by Gasteiger charge is 2.26. The normalized spacial score (nSPS) is 24.0. The van der Waals surface area contributed by atoms with Crippen molar-refractivity contribution >= 4 is 0 Å². The molecular formula is C46H96O3. The summed E-state index contributed by atoms with van der Waals surface area (Å²) < 4.78 is 14.8. The second-order valence-corrected chi connectivity index (χ2v) is 22.0. The van der Waals surface area contributed by atoms with Crippen LogP contribution in [0.1, 0.15) is 226 Å². The molecule has 0 spiro atoms. The molecule has 0 bridgehead atoms. The van der Waals surface area contributed by atoms with Gasteiger partial charge in [0.25, 0.3) is 0 Å². The van der Waals surface area contributed by atoms with Crippen molar-refractivity contribution in [2.45, 2.75) is 226 Å². The SMILES string of the molecule is C1CCOC1.C1CCOC1.C1CCOC1.CC(C)(C)C.CC(C)(C)C.CC1(C)CCC1.CC1(C)CCC1.CC1(C)CCC1.CC1(C)CCC1. The predicted molar refractivity (Wildman–Crippen MR) is 221 cm³/mol. The van der Waals surface area contributed by atoms with Crippen LogP contribution < -0.4 is 0 Å². The van der Waals surface area contributed by atoms with Gasteiger partial charge in [-0.1, -0.05) is 136 Å². The van der Waals surface area contributed by atoms with Gasteiger partial charge in [-0.3, -0.25) is 0 Å². The summed E-state index contributed by atoms with van der Waals surface area (Å²) in [4.78, 5) is 0. The zero-order chi connectivity index (χ0) is 38.1. The van der Waals surface area contributed by atoms with Crippen LogP contribution in [0.2, 0.25) is 0 Å². The second kappa shape index (κ2) is 26.6. The van der Waals surface area contributed by atoms with Crippen LogP contribution in [0.25, 0.3) is 0 Å². The molecule has 3 nitrogen and oxygen atoms in total. The van der Waals surface area contributed by atoms with Gasteiger partial charge in [-0.2, -0.15) is 0 Å². The lowest BCUT2D eigenvalue weighted by Gasteiger charge is -2.33. The number of ether oxygens (including phenoxy) is 3. The van der Waals surface area contributed by atoms with Gasteiger partial charge in [0.1, 0.15) is 0 Å². The Labute approximate surface area is 312 Å². The number of hydrogen-bond donors (Lipinski definition) is 0. The van der Waals surface area contributed by atoms with Crippen molar-refractivity contribution in [3.8, 4) is 0 Å². The summed E-state index contributed by atoms with van der Waals surface area (Å²) in [6.07, 6.45) is 25.1. The van der Waals surface area contributed by atoms with E-state index in [4.69, 9.17) is 14.2 Å². The summed E-state index contributed by atoms with van der Waals surface area (Å²) in [5.41, 5.74) is 3.89. The molecule has 4 aliphatic carbocycles. The first kappa shape index (κ1) is 51.0. The van der Waals surface area contributed by atoms with Crippen LogP contribution in [0.3, 0.4) is 0 Å². The van der Waals surface area contributed by atoms with Crippen molar-refractivity contribution in [2.75, 3.05) is 39.6 Å². The highest BCUT2D eigenvalue weighted by molar-refractivity contribution is 4.79. The number of rotatable bonds is 0. The van der Waals surface area contributed by atoms with Gasteiger partial charge in [-0.15, -0.1) is 0 Å². The third-order valence-corrected chi connectivity index (χ3v) is 9.31. The van der Waals surface area contributed by atoms with Gasteiger partial charge in [0.15, 0.2) is 0 Å². The molecule has 3 aliphatic heterocycles. The Morgan fingerprint density at radius 1 is 0.265 bits per heavy atom. The molecule has 7 fully saturated rings. The Balaban J connectivity index is 0. The zero-order valence-electron chi connectivity index (χ0n) is 37.2. The van der Waals surface area contributed by atoms with Crippen LogP contribution >= 0.6 is 0 Å². The largest absolute Gasteiger partial charge is 0.381 e. The highest BCUT2D eigenvalue weighted by atomic mass is 16.5. The van der Waals surface area contributed by atoms with Crippen LogP contribution in [0.4, 0.5) is 0 Å². The molecule has 3 saturated heterocycles. The smallest absolute Gasteiger partial charge is 0.0466 e. The Hall–Kier alpha value is -0.120. The Bertz CT molecular complexity index is 556. The van der Waals surface area contributed by atoms with E-state index in [2.05, 4.69) is 111 Å². The van der Waals surface area contributed by atoms with Crippen molar-refractivity contribution in [1.29, 1.82) is 0 Å². The molecule has 7 rings (SSSR count). The average Bonchev–Trinajstić information content (AvgIpc) is 3.72. The molecule has 0 aromatic rings. The van der Waals surface area contributed by atoms with Gasteiger partial charge in [0, 0.05) is 39.6 Å². The van der Waals surface area contributed by atoms with Crippen molar-refractivity contribution < 1.29 is 14.2 Å². The first-order valence-corrected chi connectivity index (χ1v) is 21.1. The van der Waals surface area contributed by atoms with E-state index in [9.17, 15) is 0 Å². The summed E-state index contributed by atoms with van der Waals surface area (Å²) in [6.45, 7) is 42.1. The number of hydrogen-bond acceptors (Lipinski definition) is 3. The maximum absolute atomic E-state index is 4.94. The second-order valence-electron chi connectivity index (χ2n) is 22.0. The molecule has 0 amide bonds. The van der Waals surface area contributed by atoms with Gasteiger partial charge >= 0.3 is 0 Å². The van der Waals surface area contributed by atoms with Crippen molar-refractivity contribution in [3.05, 3.63) is 0 Å². The Kier molecular flexibility index (Phi) is 27.7. The van der Waals surface area contributed by atoms with E-state index in [1.807, 2.05) is 0 Å². The molecule has 49 heavy (non-hydrogen) atoms. The van der Waals surface area contributed by atoms with Gasteiger partial charge in [-0.05, 0) is 122 Å². The molecule has 0 atom stereocenters. The summed E-state index contributed by atoms with van der Waals surface area (Å²) in [5.74, 6) is 0. The molecule has 0 radical (unpaired) electrons. The third-order valence-electron chi connectivity index (χ3n) is 9.31. The minimum absolute atomic E-state index is 0.500. The van der Waals surface area contributed by atoms with Crippen LogP contribution in [0, 0.1) is 32.5 Å². The van der Waals surface area contributed by atoms with E-state index in [1.54, 1.807) is 0 Å². The summed E-state index contributed by atoms with van der Waals surface area (Å²) in [5, 5.41) is 0. The van der Waals surface area contributed by atoms with Crippen molar-refractivity contribution in [2.24, 2.45) is 32.5 Å². The molecule has 0 aromatic carbocycles. The van der Waals surface area contributed by atoms with Crippen LogP contribution in [-0.2, 0) is 14.2 Å². The fraction of sp³-hybridized carbons (Fsp3) is 1.00. The molecule has 7 aliphatic rings. The van der Waals surface area contributed by atoms with Crippen LogP contribution in [-0.4, -0.2) is 39.6 Å². The Morgan fingerprint density at radius 2 is 0.367 bits per heavy atom. The monoisotopic (exact) mass is 697 g/mol. The van der Waals surface area contributed by atoms with E-state index in [1.165, 1.54) is 116 Å². The zero-order valence-corrected chi connectivity index (χ0v) is 37.2. The predicted octanol–water partition coefficient (Wildman–Crippen LogP) is 15.3. The van der Waals surface area contributed by atoms with Gasteiger partial charge in [0.05, 0.1) is 0 Å². The molecular weight excluding hydrogens is 601 g/mol. The fourth-order valence-corrected chi connectivity index (χ4v) is 5.07. The lowest BCUT2D eigenvalue weighted by molar-refractivity contribution is 0.190. The fourth-order valence-electron chi connectivity index (χ4n) is 5.07. The van der Waals surface area contributed by atoms with E-state index < -0.39 is 0 Å². The minimum atomic E-state index is 0.500. The van der Waals surface area contributed by atoms with E-state index in [-0.39, 0.29) is 0 Å². The lowest BCUT2D eigenvalue weighted by Crippen LogP contribution is -2.20. The topological polar surface area (TPSA) is 27.7 Å². The standard InChI is InChI=1S/4C6H12.2C5H12.3C4H8O/c4*1-6(2)4-3-5-6;2*1-5(2,3)4;3*1-2-4-5-3-1/h4*3-5H2,1-2H3;2*1-4H3;3*1-4H2. The third kappa shape index (κ3) is 45.9. The molecule has 3 heteroatoms. The highest BCUT2D eigenvalue weighted by Crippen LogP contribution is 2.40. The van der Waals surface area contributed by atoms with E-state index in [0.717, 1.165) is 61.3 Å². The summed E-state index contributed by atoms with van der Waals surface area (Å²) in [7, 11) is 0. The first-order valence-electron chi connectivity index (χ1n) is 21.1. The van der Waals surface area contributed by atoms with Gasteiger partial charge < -0.3 is 14.2 Å². The molecule has 0 N–H and O–H groups in total.